The van der Waals surface area contributed by atoms with E-state index in [1.165, 1.54) is 7.11 Å². The minimum absolute atomic E-state index is 0.0137. The first kappa shape index (κ1) is 13.0. The molecule has 0 aliphatic carbocycles. The summed E-state index contributed by atoms with van der Waals surface area (Å²) in [6.07, 6.45) is -0.121. The van der Waals surface area contributed by atoms with Gasteiger partial charge in [0.05, 0.1) is 6.10 Å². The molecule has 0 bridgehead atoms. The molecule has 0 saturated heterocycles. The van der Waals surface area contributed by atoms with E-state index in [1.807, 2.05) is 0 Å². The van der Waals surface area contributed by atoms with Crippen LogP contribution in [-0.2, 0) is 25.6 Å². The first-order valence-corrected chi connectivity index (χ1v) is 6.25. The summed E-state index contributed by atoms with van der Waals surface area (Å²) in [7, 11) is 1.25. The standard InChI is InChI=1S/C6H13O5PS/c1-5(3-4-6(7)8)11-12(9,13)10-2/h5H,3-4H2,1-2H3,(H,7,8)(H,9,13). The fourth-order valence-corrected chi connectivity index (χ4v) is 1.74. The van der Waals surface area contributed by atoms with Crippen LogP contribution in [-0.4, -0.2) is 29.2 Å². The normalized spacial score (nSPS) is 17.8. The predicted octanol–water partition coefficient (Wildman–Crippen LogP) is 1.12. The van der Waals surface area contributed by atoms with Gasteiger partial charge in [-0.15, -0.1) is 0 Å². The Balaban J connectivity index is 3.80. The van der Waals surface area contributed by atoms with Gasteiger partial charge in [0, 0.05) is 13.5 Å². The molecular weight excluding hydrogens is 215 g/mol. The van der Waals surface area contributed by atoms with Crippen LogP contribution in [0.3, 0.4) is 0 Å². The van der Waals surface area contributed by atoms with E-state index in [0.717, 1.165) is 0 Å². The molecule has 0 aromatic heterocycles. The second-order valence-corrected chi connectivity index (χ2v) is 5.40. The van der Waals surface area contributed by atoms with Gasteiger partial charge in [0.2, 0.25) is 0 Å². The van der Waals surface area contributed by atoms with Crippen molar-refractivity contribution in [1.29, 1.82) is 0 Å². The zero-order valence-corrected chi connectivity index (χ0v) is 9.18. The van der Waals surface area contributed by atoms with Crippen molar-refractivity contribution in [1.82, 2.24) is 0 Å². The molecule has 0 saturated carbocycles. The lowest BCUT2D eigenvalue weighted by atomic mass is 10.2. The smallest absolute Gasteiger partial charge is 0.324 e. The summed E-state index contributed by atoms with van der Waals surface area (Å²) < 4.78 is 9.46. The molecule has 0 rings (SSSR count). The highest BCUT2D eigenvalue weighted by Crippen LogP contribution is 2.44. The Bertz CT molecular complexity index is 219. The minimum Gasteiger partial charge on any atom is -0.481 e. The minimum atomic E-state index is -3.15. The maximum Gasteiger partial charge on any atom is 0.324 e. The van der Waals surface area contributed by atoms with Crippen LogP contribution < -0.4 is 0 Å². The third-order valence-corrected chi connectivity index (χ3v) is 3.10. The fourth-order valence-electron chi connectivity index (χ4n) is 0.650. The van der Waals surface area contributed by atoms with Gasteiger partial charge in [0.1, 0.15) is 0 Å². The van der Waals surface area contributed by atoms with Gasteiger partial charge >= 0.3 is 12.7 Å². The molecule has 0 aromatic rings. The molecule has 2 unspecified atom stereocenters. The second kappa shape index (κ2) is 5.67. The molecule has 13 heavy (non-hydrogen) atoms. The summed E-state index contributed by atoms with van der Waals surface area (Å²) >= 11 is 4.58. The molecule has 7 heteroatoms. The molecule has 0 fully saturated rings. The summed E-state index contributed by atoms with van der Waals surface area (Å²) in [5, 5.41) is 8.35. The average Bonchev–Trinajstić information content (AvgIpc) is 2.00. The molecule has 2 N–H and O–H groups in total. The topological polar surface area (TPSA) is 76.0 Å². The zero-order chi connectivity index (χ0) is 10.5. The molecular formula is C6H13O5PS. The molecule has 0 aromatic carbocycles. The summed E-state index contributed by atoms with van der Waals surface area (Å²) in [6, 6.07) is 0. The van der Waals surface area contributed by atoms with Gasteiger partial charge in [0.15, 0.2) is 0 Å². The maximum atomic E-state index is 10.2. The molecule has 2 atom stereocenters. The number of carboxylic acids is 1. The van der Waals surface area contributed by atoms with Gasteiger partial charge in [0.25, 0.3) is 0 Å². The van der Waals surface area contributed by atoms with Crippen LogP contribution in [0, 0.1) is 0 Å². The molecule has 5 nitrogen and oxygen atoms in total. The third-order valence-electron chi connectivity index (χ3n) is 1.31. The van der Waals surface area contributed by atoms with Gasteiger partial charge in [-0.3, -0.25) is 4.79 Å². The number of carboxylic acid groups (broad SMARTS) is 1. The lowest BCUT2D eigenvalue weighted by molar-refractivity contribution is -0.137. The van der Waals surface area contributed by atoms with Crippen LogP contribution >= 0.6 is 6.72 Å². The Morgan fingerprint density at radius 3 is 2.62 bits per heavy atom. The number of carbonyl (C=O) groups is 1. The van der Waals surface area contributed by atoms with E-state index < -0.39 is 18.8 Å². The van der Waals surface area contributed by atoms with E-state index in [4.69, 9.17) is 9.63 Å². The van der Waals surface area contributed by atoms with Crippen LogP contribution in [0.4, 0.5) is 0 Å². The van der Waals surface area contributed by atoms with E-state index in [0.29, 0.717) is 6.42 Å². The summed E-state index contributed by atoms with van der Waals surface area (Å²) in [5.74, 6) is -0.904. The molecule has 0 aliphatic rings. The first-order chi connectivity index (χ1) is 5.87. The molecule has 78 valence electrons. The van der Waals surface area contributed by atoms with Gasteiger partial charge in [-0.1, -0.05) is 0 Å². The molecule has 0 amide bonds. The van der Waals surface area contributed by atoms with Gasteiger partial charge in [-0.2, -0.15) is 0 Å². The highest BCUT2D eigenvalue weighted by atomic mass is 32.5. The van der Waals surface area contributed by atoms with E-state index in [-0.39, 0.29) is 6.42 Å². The number of hydrogen-bond acceptors (Lipinski definition) is 4. The van der Waals surface area contributed by atoms with Gasteiger partial charge < -0.3 is 19.0 Å². The highest BCUT2D eigenvalue weighted by Gasteiger charge is 2.17. The van der Waals surface area contributed by atoms with Gasteiger partial charge in [-0.25, -0.2) is 0 Å². The van der Waals surface area contributed by atoms with Crippen LogP contribution in [0.15, 0.2) is 0 Å². The Morgan fingerprint density at radius 2 is 2.23 bits per heavy atom. The largest absolute Gasteiger partial charge is 0.481 e. The first-order valence-electron chi connectivity index (χ1n) is 3.66. The Hall–Kier alpha value is 0. The van der Waals surface area contributed by atoms with Crippen molar-refractivity contribution in [2.45, 2.75) is 25.9 Å². The van der Waals surface area contributed by atoms with Crippen LogP contribution in [0.2, 0.25) is 0 Å². The van der Waals surface area contributed by atoms with Crippen molar-refractivity contribution in [3.63, 3.8) is 0 Å². The third kappa shape index (κ3) is 7.10. The lowest BCUT2D eigenvalue weighted by Gasteiger charge is -2.17. The fraction of sp³-hybridized carbons (Fsp3) is 0.833. The molecule has 0 aliphatic heterocycles. The average molecular weight is 228 g/mol. The van der Waals surface area contributed by atoms with Crippen molar-refractivity contribution in [3.05, 3.63) is 0 Å². The second-order valence-electron chi connectivity index (χ2n) is 2.50. The van der Waals surface area contributed by atoms with Gasteiger partial charge in [-0.05, 0) is 25.2 Å². The maximum absolute atomic E-state index is 10.2. The molecule has 0 radical (unpaired) electrons. The SMILES string of the molecule is COP(O)(=S)OC(C)CCC(=O)O. The Labute approximate surface area is 81.9 Å². The predicted molar refractivity (Wildman–Crippen MR) is 50.9 cm³/mol. The van der Waals surface area contributed by atoms with Crippen molar-refractivity contribution >= 4 is 24.5 Å². The van der Waals surface area contributed by atoms with Crippen LogP contribution in [0.5, 0.6) is 0 Å². The quantitative estimate of drug-likeness (QED) is 0.663. The van der Waals surface area contributed by atoms with Crippen molar-refractivity contribution in [2.75, 3.05) is 7.11 Å². The van der Waals surface area contributed by atoms with E-state index in [2.05, 4.69) is 16.3 Å². The van der Waals surface area contributed by atoms with Crippen molar-refractivity contribution < 1.29 is 23.8 Å². The molecule has 0 spiro atoms. The van der Waals surface area contributed by atoms with Crippen molar-refractivity contribution in [3.8, 4) is 0 Å². The number of hydrogen-bond donors (Lipinski definition) is 2. The van der Waals surface area contributed by atoms with Crippen molar-refractivity contribution in [2.24, 2.45) is 0 Å². The summed E-state index contributed by atoms with van der Waals surface area (Å²) in [5.41, 5.74) is 0. The van der Waals surface area contributed by atoms with Crippen LogP contribution in [0.1, 0.15) is 19.8 Å². The number of rotatable bonds is 6. The van der Waals surface area contributed by atoms with Crippen LogP contribution in [0.25, 0.3) is 0 Å². The Morgan fingerprint density at radius 1 is 1.69 bits per heavy atom. The summed E-state index contributed by atoms with van der Waals surface area (Å²) in [4.78, 5) is 19.4. The molecule has 0 heterocycles. The lowest BCUT2D eigenvalue weighted by Crippen LogP contribution is -2.09. The van der Waals surface area contributed by atoms with E-state index in [1.54, 1.807) is 6.92 Å². The van der Waals surface area contributed by atoms with E-state index >= 15 is 0 Å². The van der Waals surface area contributed by atoms with E-state index in [9.17, 15) is 9.69 Å². The number of aliphatic carboxylic acids is 1. The zero-order valence-electron chi connectivity index (χ0n) is 7.47. The highest BCUT2D eigenvalue weighted by molar-refractivity contribution is 8.07. The monoisotopic (exact) mass is 228 g/mol. The summed E-state index contributed by atoms with van der Waals surface area (Å²) in [6.45, 7) is -1.51. The Kier molecular flexibility index (Phi) is 5.67.